The van der Waals surface area contributed by atoms with Gasteiger partial charge in [-0.05, 0) is 93.1 Å². The molecule has 1 aromatic carbocycles. The maximum Gasteiger partial charge on any atom is 0.343 e. The molecule has 3 fully saturated rings. The van der Waals surface area contributed by atoms with Crippen molar-refractivity contribution in [3.8, 4) is 5.75 Å². The van der Waals surface area contributed by atoms with Crippen LogP contribution in [0.1, 0.15) is 69.8 Å². The normalized spacial score (nSPS) is 22.6. The van der Waals surface area contributed by atoms with Crippen molar-refractivity contribution in [1.29, 1.82) is 0 Å². The molecular formula is C25H30Br2N2O4S. The van der Waals surface area contributed by atoms with Gasteiger partial charge in [0.15, 0.2) is 11.8 Å². The number of esters is 1. The summed E-state index contributed by atoms with van der Waals surface area (Å²) < 4.78 is 11.6. The highest BCUT2D eigenvalue weighted by Crippen LogP contribution is 2.40. The van der Waals surface area contributed by atoms with E-state index >= 15 is 0 Å². The molecule has 1 amide bonds. The summed E-state index contributed by atoms with van der Waals surface area (Å²) in [6.45, 7) is -0.181. The summed E-state index contributed by atoms with van der Waals surface area (Å²) in [5, 5.41) is 0.881. The summed E-state index contributed by atoms with van der Waals surface area (Å²) in [5.41, 5.74) is 0.863. The van der Waals surface area contributed by atoms with Crippen LogP contribution >= 0.6 is 43.6 Å². The number of carbonyl (C=O) groups is 2. The lowest BCUT2D eigenvalue weighted by molar-refractivity contribution is -0.143. The number of methoxy groups -OCH3 is 1. The molecule has 0 unspecified atom stereocenters. The van der Waals surface area contributed by atoms with Crippen molar-refractivity contribution in [3.05, 3.63) is 31.5 Å². The van der Waals surface area contributed by atoms with E-state index < -0.39 is 5.97 Å². The van der Waals surface area contributed by atoms with E-state index in [1.165, 1.54) is 57.4 Å². The second-order valence-electron chi connectivity index (χ2n) is 8.96. The van der Waals surface area contributed by atoms with Crippen LogP contribution < -0.4 is 4.74 Å². The molecule has 1 heterocycles. The lowest BCUT2D eigenvalue weighted by atomic mass is 9.94. The van der Waals surface area contributed by atoms with Crippen LogP contribution in [0.5, 0.6) is 5.75 Å². The molecule has 34 heavy (non-hydrogen) atoms. The average molecular weight is 614 g/mol. The summed E-state index contributed by atoms with van der Waals surface area (Å²) in [4.78, 5) is 32.8. The Kier molecular flexibility index (Phi) is 9.15. The fourth-order valence-electron chi connectivity index (χ4n) is 4.75. The number of thioether (sulfide) groups is 1. The molecule has 0 bridgehead atoms. The first kappa shape index (κ1) is 25.8. The van der Waals surface area contributed by atoms with Crippen LogP contribution in [0.15, 0.2) is 31.0 Å². The van der Waals surface area contributed by atoms with Crippen molar-refractivity contribution in [2.75, 3.05) is 13.7 Å². The van der Waals surface area contributed by atoms with Crippen LogP contribution in [0.3, 0.4) is 0 Å². The molecule has 0 radical (unpaired) electrons. The van der Waals surface area contributed by atoms with E-state index in [2.05, 4.69) is 36.6 Å². The van der Waals surface area contributed by atoms with Crippen LogP contribution in [-0.2, 0) is 14.3 Å². The van der Waals surface area contributed by atoms with Gasteiger partial charge in [-0.25, -0.2) is 4.79 Å². The minimum Gasteiger partial charge on any atom is -0.480 e. The number of ether oxygens (including phenoxy) is 2. The highest BCUT2D eigenvalue weighted by atomic mass is 79.9. The summed E-state index contributed by atoms with van der Waals surface area (Å²) in [6, 6.07) is 4.34. The molecule has 4 rings (SSSR count). The van der Waals surface area contributed by atoms with E-state index in [0.29, 0.717) is 25.6 Å². The Hall–Kier alpha value is -1.32. The fourth-order valence-corrected chi connectivity index (χ4v) is 7.31. The van der Waals surface area contributed by atoms with Crippen molar-refractivity contribution in [2.24, 2.45) is 4.99 Å². The van der Waals surface area contributed by atoms with Crippen molar-refractivity contribution in [3.63, 3.8) is 0 Å². The Morgan fingerprint density at radius 3 is 2.32 bits per heavy atom. The van der Waals surface area contributed by atoms with Crippen molar-refractivity contribution < 1.29 is 19.1 Å². The van der Waals surface area contributed by atoms with E-state index in [0.717, 1.165) is 36.4 Å². The zero-order valence-electron chi connectivity index (χ0n) is 19.4. The van der Waals surface area contributed by atoms with Crippen LogP contribution in [0, 0.1) is 0 Å². The molecular weight excluding hydrogens is 584 g/mol. The first-order valence-electron chi connectivity index (χ1n) is 12.0. The number of benzene rings is 1. The molecule has 0 atom stereocenters. The molecule has 1 saturated heterocycles. The van der Waals surface area contributed by atoms with Gasteiger partial charge in [0, 0.05) is 6.04 Å². The number of hydrogen-bond donors (Lipinski definition) is 0. The third-order valence-electron chi connectivity index (χ3n) is 6.52. The third kappa shape index (κ3) is 6.26. The molecule has 1 aliphatic heterocycles. The molecule has 1 aromatic rings. The maximum absolute atomic E-state index is 13.6. The second-order valence-corrected chi connectivity index (χ2v) is 11.7. The van der Waals surface area contributed by atoms with E-state index in [4.69, 9.17) is 9.73 Å². The zero-order chi connectivity index (χ0) is 24.1. The third-order valence-corrected chi connectivity index (χ3v) is 8.70. The molecule has 184 valence electrons. The van der Waals surface area contributed by atoms with Gasteiger partial charge in [-0.1, -0.05) is 38.5 Å². The van der Waals surface area contributed by atoms with Gasteiger partial charge >= 0.3 is 5.97 Å². The van der Waals surface area contributed by atoms with Gasteiger partial charge in [0.05, 0.1) is 27.0 Å². The first-order chi connectivity index (χ1) is 16.5. The number of aliphatic imine (C=N–C) groups is 1. The molecule has 0 N–H and O–H groups in total. The smallest absolute Gasteiger partial charge is 0.343 e. The topological polar surface area (TPSA) is 68.2 Å². The van der Waals surface area contributed by atoms with Gasteiger partial charge in [0.1, 0.15) is 5.75 Å². The maximum atomic E-state index is 13.6. The Bertz CT molecular complexity index is 962. The number of hydrogen-bond acceptors (Lipinski definition) is 6. The summed E-state index contributed by atoms with van der Waals surface area (Å²) in [7, 11) is 1.32. The minimum absolute atomic E-state index is 0.0599. The van der Waals surface area contributed by atoms with Gasteiger partial charge in [-0.3, -0.25) is 14.7 Å². The molecule has 6 nitrogen and oxygen atoms in total. The van der Waals surface area contributed by atoms with Gasteiger partial charge in [0.25, 0.3) is 5.91 Å². The second kappa shape index (κ2) is 12.1. The van der Waals surface area contributed by atoms with E-state index in [1.54, 1.807) is 0 Å². The summed E-state index contributed by atoms with van der Waals surface area (Å²) in [5.74, 6) is 0.122. The Labute approximate surface area is 222 Å². The minimum atomic E-state index is -0.453. The molecule has 2 aliphatic carbocycles. The van der Waals surface area contributed by atoms with Gasteiger partial charge in [0.2, 0.25) is 0 Å². The fraction of sp³-hybridized carbons (Fsp3) is 0.560. The summed E-state index contributed by atoms with van der Waals surface area (Å²) >= 11 is 8.56. The van der Waals surface area contributed by atoms with Crippen molar-refractivity contribution >= 4 is 66.7 Å². The molecule has 0 spiro atoms. The van der Waals surface area contributed by atoms with E-state index in [9.17, 15) is 9.59 Å². The van der Waals surface area contributed by atoms with Gasteiger partial charge in [-0.2, -0.15) is 0 Å². The summed E-state index contributed by atoms with van der Waals surface area (Å²) in [6.07, 6.45) is 13.6. The highest BCUT2D eigenvalue weighted by Gasteiger charge is 2.39. The lowest BCUT2D eigenvalue weighted by Crippen LogP contribution is -2.41. The van der Waals surface area contributed by atoms with Crippen LogP contribution in [-0.4, -0.2) is 47.7 Å². The SMILES string of the molecule is COC(=O)COc1c(Br)cc(C=C2SC(=NC3CCCCC3)N(C3CCCCC3)C2=O)cc1Br. The highest BCUT2D eigenvalue weighted by molar-refractivity contribution is 9.11. The van der Waals surface area contributed by atoms with E-state index in [-0.39, 0.29) is 18.6 Å². The quantitative estimate of drug-likeness (QED) is 0.264. The zero-order valence-corrected chi connectivity index (χ0v) is 23.3. The Morgan fingerprint density at radius 1 is 1.09 bits per heavy atom. The van der Waals surface area contributed by atoms with E-state index in [1.807, 2.05) is 23.1 Å². The Morgan fingerprint density at radius 2 is 1.71 bits per heavy atom. The van der Waals surface area contributed by atoms with Gasteiger partial charge < -0.3 is 9.47 Å². The number of amides is 1. The number of amidine groups is 1. The van der Waals surface area contributed by atoms with Gasteiger partial charge in [-0.15, -0.1) is 0 Å². The molecule has 2 saturated carbocycles. The predicted octanol–water partition coefficient (Wildman–Crippen LogP) is 6.70. The molecule has 3 aliphatic rings. The Balaban J connectivity index is 1.59. The van der Waals surface area contributed by atoms with Crippen LogP contribution in [0.4, 0.5) is 0 Å². The monoisotopic (exact) mass is 612 g/mol. The molecule has 9 heteroatoms. The number of rotatable bonds is 6. The van der Waals surface area contributed by atoms with Crippen molar-refractivity contribution in [1.82, 2.24) is 4.90 Å². The van der Waals surface area contributed by atoms with Crippen LogP contribution in [0.25, 0.3) is 6.08 Å². The van der Waals surface area contributed by atoms with Crippen LogP contribution in [0.2, 0.25) is 0 Å². The average Bonchev–Trinajstić information content (AvgIpc) is 3.13. The van der Waals surface area contributed by atoms with Crippen molar-refractivity contribution in [2.45, 2.75) is 76.3 Å². The number of halogens is 2. The molecule has 0 aromatic heterocycles. The predicted molar refractivity (Wildman–Crippen MR) is 143 cm³/mol. The first-order valence-corrected chi connectivity index (χ1v) is 14.4. The lowest BCUT2D eigenvalue weighted by Gasteiger charge is -2.31. The number of nitrogens with zero attached hydrogens (tertiary/aromatic N) is 2. The standard InChI is InChI=1S/C25H30Br2N2O4S/c1-32-22(30)15-33-23-19(26)12-16(13-20(23)27)14-21-24(31)29(18-10-6-3-7-11-18)25(34-21)28-17-8-4-2-5-9-17/h12-14,17-18H,2-11,15H2,1H3. The largest absolute Gasteiger partial charge is 0.480 e. The number of carbonyl (C=O) groups excluding carboxylic acids is 2.